The van der Waals surface area contributed by atoms with Crippen LogP contribution in [0.2, 0.25) is 5.02 Å². The molecule has 0 spiro atoms. The van der Waals surface area contributed by atoms with Crippen LogP contribution in [0.15, 0.2) is 48.7 Å². The lowest BCUT2D eigenvalue weighted by molar-refractivity contribution is -0.0326. The highest BCUT2D eigenvalue weighted by molar-refractivity contribution is 7.15. The minimum Gasteiger partial charge on any atom is -0.371 e. The van der Waals surface area contributed by atoms with Gasteiger partial charge in [0.2, 0.25) is 0 Å². The molecule has 0 amide bonds. The van der Waals surface area contributed by atoms with Crippen LogP contribution in [-0.4, -0.2) is 34.8 Å². The smallest absolute Gasteiger partial charge is 0.0952 e. The van der Waals surface area contributed by atoms with E-state index in [9.17, 15) is 0 Å². The summed E-state index contributed by atoms with van der Waals surface area (Å²) in [5.41, 5.74) is 2.26. The summed E-state index contributed by atoms with van der Waals surface area (Å²) < 4.78 is 5.94. The standard InChI is InChI=1S/C18H18ClN3OS/c19-14-3-1-13(2-4-14)17-12-22(9-10-23-17)11-15-5-6-18(24-15)16-7-8-20-21-16/h1-8,17H,9-12H2,(H,20,21)/t17-/m0/s1. The Morgan fingerprint density at radius 3 is 2.88 bits per heavy atom. The summed E-state index contributed by atoms with van der Waals surface area (Å²) in [4.78, 5) is 5.03. The number of aromatic amines is 1. The minimum absolute atomic E-state index is 0.114. The quantitative estimate of drug-likeness (QED) is 0.752. The molecule has 1 atom stereocenters. The number of nitrogens with zero attached hydrogens (tertiary/aromatic N) is 2. The summed E-state index contributed by atoms with van der Waals surface area (Å²) >= 11 is 7.79. The predicted octanol–water partition coefficient (Wildman–Crippen LogP) is 4.37. The maximum absolute atomic E-state index is 5.97. The van der Waals surface area contributed by atoms with E-state index in [1.807, 2.05) is 29.5 Å². The number of morpholine rings is 1. The van der Waals surface area contributed by atoms with Crippen molar-refractivity contribution in [2.45, 2.75) is 12.6 Å². The number of aromatic nitrogens is 2. The monoisotopic (exact) mass is 359 g/mol. The number of hydrogen-bond acceptors (Lipinski definition) is 4. The van der Waals surface area contributed by atoms with Crippen LogP contribution in [0.5, 0.6) is 0 Å². The molecule has 4 rings (SSSR count). The van der Waals surface area contributed by atoms with Crippen molar-refractivity contribution in [1.82, 2.24) is 15.1 Å². The van der Waals surface area contributed by atoms with E-state index in [4.69, 9.17) is 16.3 Å². The molecule has 6 heteroatoms. The third kappa shape index (κ3) is 3.54. The van der Waals surface area contributed by atoms with E-state index in [1.54, 1.807) is 6.20 Å². The van der Waals surface area contributed by atoms with Gasteiger partial charge in [0.1, 0.15) is 0 Å². The minimum atomic E-state index is 0.114. The molecule has 4 nitrogen and oxygen atoms in total. The van der Waals surface area contributed by atoms with Crippen LogP contribution in [0, 0.1) is 0 Å². The number of ether oxygens (including phenoxy) is 1. The van der Waals surface area contributed by atoms with Crippen LogP contribution in [0.3, 0.4) is 0 Å². The first-order valence-corrected chi connectivity index (χ1v) is 9.15. The molecule has 1 aromatic carbocycles. The molecule has 0 saturated carbocycles. The van der Waals surface area contributed by atoms with Gasteiger partial charge >= 0.3 is 0 Å². The normalized spacial score (nSPS) is 18.8. The van der Waals surface area contributed by atoms with E-state index < -0.39 is 0 Å². The summed E-state index contributed by atoms with van der Waals surface area (Å²) in [6.45, 7) is 3.57. The van der Waals surface area contributed by atoms with Crippen molar-refractivity contribution >= 4 is 22.9 Å². The first-order chi connectivity index (χ1) is 11.8. The summed E-state index contributed by atoms with van der Waals surface area (Å²) in [5, 5.41) is 7.80. The molecular formula is C18H18ClN3OS. The number of benzene rings is 1. The number of thiophene rings is 1. The Labute approximate surface area is 150 Å². The van der Waals surface area contributed by atoms with Gasteiger partial charge in [-0.1, -0.05) is 23.7 Å². The Kier molecular flexibility index (Phi) is 4.67. The lowest BCUT2D eigenvalue weighted by Gasteiger charge is -2.32. The molecule has 0 unspecified atom stereocenters. The molecule has 24 heavy (non-hydrogen) atoms. The van der Waals surface area contributed by atoms with E-state index in [2.05, 4.69) is 39.4 Å². The van der Waals surface area contributed by atoms with Crippen molar-refractivity contribution in [3.05, 3.63) is 64.1 Å². The second kappa shape index (κ2) is 7.07. The third-order valence-electron chi connectivity index (χ3n) is 4.20. The molecule has 3 heterocycles. The van der Waals surface area contributed by atoms with Crippen molar-refractivity contribution in [1.29, 1.82) is 0 Å². The summed E-state index contributed by atoms with van der Waals surface area (Å²) in [7, 11) is 0. The first kappa shape index (κ1) is 15.8. The topological polar surface area (TPSA) is 41.2 Å². The lowest BCUT2D eigenvalue weighted by Crippen LogP contribution is -2.37. The average Bonchev–Trinajstić information content (AvgIpc) is 3.27. The van der Waals surface area contributed by atoms with E-state index in [0.29, 0.717) is 0 Å². The molecule has 2 aromatic heterocycles. The Hall–Kier alpha value is -1.66. The third-order valence-corrected chi connectivity index (χ3v) is 5.55. The fraction of sp³-hybridized carbons (Fsp3) is 0.278. The van der Waals surface area contributed by atoms with Gasteiger partial charge in [-0.25, -0.2) is 0 Å². The van der Waals surface area contributed by atoms with Gasteiger partial charge in [-0.2, -0.15) is 5.10 Å². The molecule has 1 saturated heterocycles. The molecule has 1 aliphatic rings. The van der Waals surface area contributed by atoms with Gasteiger partial charge in [-0.05, 0) is 35.9 Å². The van der Waals surface area contributed by atoms with Crippen molar-refractivity contribution < 1.29 is 4.74 Å². The van der Waals surface area contributed by atoms with Gasteiger partial charge in [0.15, 0.2) is 0 Å². The predicted molar refractivity (Wildman–Crippen MR) is 97.3 cm³/mol. The first-order valence-electron chi connectivity index (χ1n) is 7.96. The molecule has 0 aliphatic carbocycles. The number of halogens is 1. The second-order valence-corrected chi connectivity index (χ2v) is 7.49. The maximum Gasteiger partial charge on any atom is 0.0952 e. The molecule has 1 N–H and O–H groups in total. The van der Waals surface area contributed by atoms with Crippen LogP contribution in [0.25, 0.3) is 10.6 Å². The zero-order chi connectivity index (χ0) is 16.4. The highest BCUT2D eigenvalue weighted by Crippen LogP contribution is 2.29. The van der Waals surface area contributed by atoms with Crippen molar-refractivity contribution in [2.24, 2.45) is 0 Å². The Balaban J connectivity index is 1.42. The van der Waals surface area contributed by atoms with Crippen molar-refractivity contribution in [2.75, 3.05) is 19.7 Å². The number of rotatable bonds is 4. The summed E-state index contributed by atoms with van der Waals surface area (Å²) in [5.74, 6) is 0. The van der Waals surface area contributed by atoms with Crippen LogP contribution in [0.4, 0.5) is 0 Å². The fourth-order valence-electron chi connectivity index (χ4n) is 2.95. The van der Waals surface area contributed by atoms with E-state index in [1.165, 1.54) is 15.3 Å². The highest BCUT2D eigenvalue weighted by atomic mass is 35.5. The Morgan fingerprint density at radius 1 is 1.21 bits per heavy atom. The van der Waals surface area contributed by atoms with Crippen LogP contribution < -0.4 is 0 Å². The number of nitrogens with one attached hydrogen (secondary N) is 1. The molecule has 0 radical (unpaired) electrons. The maximum atomic E-state index is 5.97. The zero-order valence-corrected chi connectivity index (χ0v) is 14.7. The van der Waals surface area contributed by atoms with Crippen molar-refractivity contribution in [3.8, 4) is 10.6 Å². The average molecular weight is 360 g/mol. The summed E-state index contributed by atoms with van der Waals surface area (Å²) in [6, 6.07) is 14.3. The molecule has 3 aromatic rings. The molecule has 1 aliphatic heterocycles. The van der Waals surface area contributed by atoms with E-state index in [0.717, 1.165) is 37.0 Å². The van der Waals surface area contributed by atoms with E-state index in [-0.39, 0.29) is 6.10 Å². The van der Waals surface area contributed by atoms with Gasteiger partial charge in [0, 0.05) is 35.7 Å². The van der Waals surface area contributed by atoms with Crippen molar-refractivity contribution in [3.63, 3.8) is 0 Å². The molecule has 124 valence electrons. The molecule has 0 bridgehead atoms. The molecule has 1 fully saturated rings. The molecular weight excluding hydrogens is 342 g/mol. The largest absolute Gasteiger partial charge is 0.371 e. The summed E-state index contributed by atoms with van der Waals surface area (Å²) in [6.07, 6.45) is 1.90. The lowest BCUT2D eigenvalue weighted by atomic mass is 10.1. The van der Waals surface area contributed by atoms with Gasteiger partial charge in [0.25, 0.3) is 0 Å². The van der Waals surface area contributed by atoms with Crippen LogP contribution in [0.1, 0.15) is 16.5 Å². The van der Waals surface area contributed by atoms with Gasteiger partial charge in [-0.3, -0.25) is 10.00 Å². The SMILES string of the molecule is Clc1ccc([C@@H]2CN(Cc3ccc(-c4ccn[nH]4)s3)CCO2)cc1. The fourth-order valence-corrected chi connectivity index (χ4v) is 4.10. The van der Waals surface area contributed by atoms with Gasteiger partial charge in [0.05, 0.1) is 23.3 Å². The van der Waals surface area contributed by atoms with E-state index >= 15 is 0 Å². The van der Waals surface area contributed by atoms with Gasteiger partial charge in [-0.15, -0.1) is 11.3 Å². The zero-order valence-electron chi connectivity index (χ0n) is 13.1. The Bertz CT molecular complexity index is 785. The second-order valence-electron chi connectivity index (χ2n) is 5.88. The Morgan fingerprint density at radius 2 is 2.08 bits per heavy atom. The van der Waals surface area contributed by atoms with Crippen LogP contribution in [-0.2, 0) is 11.3 Å². The number of hydrogen-bond donors (Lipinski definition) is 1. The number of H-pyrrole nitrogens is 1. The highest BCUT2D eigenvalue weighted by Gasteiger charge is 2.22. The van der Waals surface area contributed by atoms with Crippen LogP contribution >= 0.6 is 22.9 Å². The van der Waals surface area contributed by atoms with Gasteiger partial charge < -0.3 is 4.74 Å².